The Morgan fingerprint density at radius 1 is 0.828 bits per heavy atom. The molecule has 0 unspecified atom stereocenters. The Balaban J connectivity index is 0.000000291. The molecule has 0 spiro atoms. The van der Waals surface area contributed by atoms with E-state index in [0.717, 1.165) is 0 Å². The molecule has 2 aromatic rings. The largest absolute Gasteiger partial charge is 0.493 e. The van der Waals surface area contributed by atoms with E-state index in [-0.39, 0.29) is 11.4 Å². The van der Waals surface area contributed by atoms with Crippen LogP contribution in [0.1, 0.15) is 34.8 Å². The SMILES string of the molecule is CCOc1cnc(C(=O)O)cc1OC.CCOc1cnc(C(=O)OC)cc1OC. The molecule has 0 aliphatic carbocycles. The molecule has 2 aromatic heterocycles. The number of nitrogens with zero attached hydrogens (tertiary/aromatic N) is 2. The van der Waals surface area contributed by atoms with Gasteiger partial charge in [0, 0.05) is 12.1 Å². The van der Waals surface area contributed by atoms with E-state index in [1.165, 1.54) is 45.9 Å². The highest BCUT2D eigenvalue weighted by molar-refractivity contribution is 5.87. The van der Waals surface area contributed by atoms with Gasteiger partial charge in [0.25, 0.3) is 0 Å². The first-order valence-electron chi connectivity index (χ1n) is 8.56. The third kappa shape index (κ3) is 6.83. The maximum atomic E-state index is 11.2. The van der Waals surface area contributed by atoms with Crippen molar-refractivity contribution < 1.29 is 38.4 Å². The van der Waals surface area contributed by atoms with Crippen LogP contribution in [-0.4, -0.2) is 61.6 Å². The van der Waals surface area contributed by atoms with Gasteiger partial charge in [0.05, 0.1) is 46.9 Å². The van der Waals surface area contributed by atoms with Gasteiger partial charge in [-0.25, -0.2) is 19.6 Å². The molecule has 10 heteroatoms. The van der Waals surface area contributed by atoms with Crippen LogP contribution in [0, 0.1) is 0 Å². The van der Waals surface area contributed by atoms with Crippen molar-refractivity contribution in [1.29, 1.82) is 0 Å². The number of carboxylic acid groups (broad SMARTS) is 1. The Labute approximate surface area is 168 Å². The first-order valence-corrected chi connectivity index (χ1v) is 8.56. The molecule has 2 heterocycles. The van der Waals surface area contributed by atoms with Crippen molar-refractivity contribution in [3.05, 3.63) is 35.9 Å². The van der Waals surface area contributed by atoms with Gasteiger partial charge in [-0.1, -0.05) is 0 Å². The van der Waals surface area contributed by atoms with Crippen molar-refractivity contribution in [2.75, 3.05) is 34.5 Å². The Bertz CT molecular complexity index is 826. The molecule has 0 aromatic carbocycles. The average molecular weight is 408 g/mol. The number of carbonyl (C=O) groups is 2. The highest BCUT2D eigenvalue weighted by Crippen LogP contribution is 2.27. The molecule has 0 saturated carbocycles. The van der Waals surface area contributed by atoms with E-state index in [4.69, 9.17) is 24.1 Å². The zero-order chi connectivity index (χ0) is 21.8. The van der Waals surface area contributed by atoms with Crippen LogP contribution < -0.4 is 18.9 Å². The van der Waals surface area contributed by atoms with Crippen LogP contribution in [0.15, 0.2) is 24.5 Å². The van der Waals surface area contributed by atoms with Crippen molar-refractivity contribution >= 4 is 11.9 Å². The van der Waals surface area contributed by atoms with Crippen molar-refractivity contribution in [1.82, 2.24) is 9.97 Å². The number of methoxy groups -OCH3 is 3. The number of hydrogen-bond acceptors (Lipinski definition) is 9. The lowest BCUT2D eigenvalue weighted by Gasteiger charge is -2.09. The standard InChI is InChI=1S/C10H13NO4.C9H11NO4/c1-4-15-9-6-11-7(10(12)14-3)5-8(9)13-2;1-3-14-8-5-10-6(9(11)12)4-7(8)13-2/h5-6H,4H2,1-3H3;4-5H,3H2,1-2H3,(H,11,12). The fourth-order valence-electron chi connectivity index (χ4n) is 2.03. The second-order valence-corrected chi connectivity index (χ2v) is 5.10. The summed E-state index contributed by atoms with van der Waals surface area (Å²) in [6.07, 6.45) is 2.78. The van der Waals surface area contributed by atoms with E-state index in [0.29, 0.717) is 36.2 Å². The van der Waals surface area contributed by atoms with Crippen LogP contribution in [-0.2, 0) is 4.74 Å². The van der Waals surface area contributed by atoms with E-state index < -0.39 is 11.9 Å². The molecule has 0 aliphatic heterocycles. The normalized spacial score (nSPS) is 9.55. The Kier molecular flexibility index (Phi) is 9.72. The average Bonchev–Trinajstić information content (AvgIpc) is 2.74. The van der Waals surface area contributed by atoms with Gasteiger partial charge in [0.2, 0.25) is 0 Å². The van der Waals surface area contributed by atoms with Gasteiger partial charge >= 0.3 is 11.9 Å². The number of hydrogen-bond donors (Lipinski definition) is 1. The molecule has 0 amide bonds. The second-order valence-electron chi connectivity index (χ2n) is 5.10. The van der Waals surface area contributed by atoms with E-state index in [9.17, 15) is 9.59 Å². The fraction of sp³-hybridized carbons (Fsp3) is 0.368. The van der Waals surface area contributed by atoms with Gasteiger partial charge in [-0.3, -0.25) is 0 Å². The van der Waals surface area contributed by atoms with Gasteiger partial charge in [0.15, 0.2) is 34.4 Å². The molecular formula is C19H24N2O8. The third-order valence-corrected chi connectivity index (χ3v) is 3.32. The Morgan fingerprint density at radius 2 is 1.28 bits per heavy atom. The number of carbonyl (C=O) groups excluding carboxylic acids is 1. The lowest BCUT2D eigenvalue weighted by Crippen LogP contribution is -2.05. The summed E-state index contributed by atoms with van der Waals surface area (Å²) in [7, 11) is 4.25. The van der Waals surface area contributed by atoms with Gasteiger partial charge < -0.3 is 28.8 Å². The molecule has 0 bridgehead atoms. The highest BCUT2D eigenvalue weighted by atomic mass is 16.5. The van der Waals surface area contributed by atoms with Crippen LogP contribution in [0.25, 0.3) is 0 Å². The summed E-state index contributed by atoms with van der Waals surface area (Å²) in [4.78, 5) is 29.3. The van der Waals surface area contributed by atoms with Crippen LogP contribution in [0.2, 0.25) is 0 Å². The lowest BCUT2D eigenvalue weighted by molar-refractivity contribution is 0.0592. The van der Waals surface area contributed by atoms with Gasteiger partial charge in [-0.2, -0.15) is 0 Å². The minimum Gasteiger partial charge on any atom is -0.493 e. The summed E-state index contributed by atoms with van der Waals surface area (Å²) < 4.78 is 25.0. The van der Waals surface area contributed by atoms with Gasteiger partial charge in [-0.15, -0.1) is 0 Å². The highest BCUT2D eigenvalue weighted by Gasteiger charge is 2.12. The molecule has 0 fully saturated rings. The second kappa shape index (κ2) is 12.0. The minimum atomic E-state index is -1.09. The smallest absolute Gasteiger partial charge is 0.356 e. The van der Waals surface area contributed by atoms with Gasteiger partial charge in [0.1, 0.15) is 0 Å². The monoisotopic (exact) mass is 408 g/mol. The molecule has 158 valence electrons. The quantitative estimate of drug-likeness (QED) is 0.651. The number of carboxylic acids is 1. The number of aromatic nitrogens is 2. The zero-order valence-electron chi connectivity index (χ0n) is 16.9. The van der Waals surface area contributed by atoms with Crippen molar-refractivity contribution in [2.45, 2.75) is 13.8 Å². The molecular weight excluding hydrogens is 384 g/mol. The first-order chi connectivity index (χ1) is 13.9. The predicted octanol–water partition coefficient (Wildman–Crippen LogP) is 2.46. The Hall–Kier alpha value is -3.56. The van der Waals surface area contributed by atoms with E-state index in [1.54, 1.807) is 0 Å². The van der Waals surface area contributed by atoms with Crippen molar-refractivity contribution in [3.8, 4) is 23.0 Å². The molecule has 29 heavy (non-hydrogen) atoms. The van der Waals surface area contributed by atoms with E-state index in [2.05, 4.69) is 14.7 Å². The maximum absolute atomic E-state index is 11.2. The van der Waals surface area contributed by atoms with Gasteiger partial charge in [-0.05, 0) is 13.8 Å². The topological polar surface area (TPSA) is 126 Å². The maximum Gasteiger partial charge on any atom is 0.356 e. The molecule has 2 rings (SSSR count). The number of rotatable bonds is 8. The zero-order valence-corrected chi connectivity index (χ0v) is 16.9. The predicted molar refractivity (Wildman–Crippen MR) is 102 cm³/mol. The Morgan fingerprint density at radius 3 is 1.66 bits per heavy atom. The van der Waals surface area contributed by atoms with E-state index >= 15 is 0 Å². The molecule has 0 aliphatic rings. The van der Waals surface area contributed by atoms with Crippen LogP contribution in [0.5, 0.6) is 23.0 Å². The lowest BCUT2D eigenvalue weighted by atomic mass is 10.3. The number of pyridine rings is 2. The summed E-state index contributed by atoms with van der Waals surface area (Å²) in [5.41, 5.74) is 0.128. The summed E-state index contributed by atoms with van der Waals surface area (Å²) in [6.45, 7) is 4.66. The van der Waals surface area contributed by atoms with E-state index in [1.807, 2.05) is 13.8 Å². The summed E-state index contributed by atoms with van der Waals surface area (Å²) in [5.74, 6) is 0.196. The fourth-order valence-corrected chi connectivity index (χ4v) is 2.03. The first kappa shape index (κ1) is 23.5. The third-order valence-electron chi connectivity index (χ3n) is 3.32. The molecule has 0 atom stereocenters. The van der Waals surface area contributed by atoms with Crippen LogP contribution >= 0.6 is 0 Å². The molecule has 0 radical (unpaired) electrons. The molecule has 1 N–H and O–H groups in total. The van der Waals surface area contributed by atoms with Crippen LogP contribution in [0.3, 0.4) is 0 Å². The molecule has 10 nitrogen and oxygen atoms in total. The number of aromatic carboxylic acids is 1. The number of ether oxygens (including phenoxy) is 5. The summed E-state index contributed by atoms with van der Waals surface area (Å²) >= 11 is 0. The number of esters is 1. The minimum absolute atomic E-state index is 0.0645. The van der Waals surface area contributed by atoms with Crippen molar-refractivity contribution in [2.24, 2.45) is 0 Å². The van der Waals surface area contributed by atoms with Crippen LogP contribution in [0.4, 0.5) is 0 Å². The van der Waals surface area contributed by atoms with Crippen molar-refractivity contribution in [3.63, 3.8) is 0 Å². The molecule has 0 saturated heterocycles. The summed E-state index contributed by atoms with van der Waals surface area (Å²) in [6, 6.07) is 2.81. The summed E-state index contributed by atoms with van der Waals surface area (Å²) in [5, 5.41) is 8.67.